The van der Waals surface area contributed by atoms with Gasteiger partial charge in [0.15, 0.2) is 11.6 Å². The summed E-state index contributed by atoms with van der Waals surface area (Å²) in [7, 11) is 0. The van der Waals surface area contributed by atoms with Gasteiger partial charge in [-0.2, -0.15) is 9.97 Å². The first-order chi connectivity index (χ1) is 34.2. The number of aromatic nitrogens is 6. The third-order valence-electron chi connectivity index (χ3n) is 13.4. The topological polar surface area (TPSA) is 74.6 Å². The summed E-state index contributed by atoms with van der Waals surface area (Å²) in [5.41, 5.74) is 14.7. The van der Waals surface area contributed by atoms with Gasteiger partial charge in [-0.1, -0.05) is 182 Å². The molecule has 14 rings (SSSR count). The van der Waals surface area contributed by atoms with E-state index in [1.165, 1.54) is 0 Å². The van der Waals surface area contributed by atoms with Crippen molar-refractivity contribution in [2.24, 2.45) is 0 Å². The number of furan rings is 1. The summed E-state index contributed by atoms with van der Waals surface area (Å²) in [5, 5.41) is 6.66. The normalized spacial score (nSPS) is 11.8. The quantitative estimate of drug-likeness (QED) is 0.159. The Morgan fingerprint density at radius 2 is 0.754 bits per heavy atom. The second-order valence-corrected chi connectivity index (χ2v) is 17.4. The molecule has 0 radical (unpaired) electrons. The van der Waals surface area contributed by atoms with Gasteiger partial charge in [0.1, 0.15) is 11.2 Å². The number of rotatable bonds is 7. The summed E-state index contributed by atoms with van der Waals surface area (Å²) in [4.78, 5) is 21.2. The third-order valence-corrected chi connectivity index (χ3v) is 13.4. The number of hydrogen-bond acceptors (Lipinski definition) is 5. The molecule has 0 saturated carbocycles. The lowest BCUT2D eigenvalue weighted by Gasteiger charge is -2.13. The van der Waals surface area contributed by atoms with E-state index in [0.29, 0.717) is 17.6 Å². The van der Waals surface area contributed by atoms with Crippen molar-refractivity contribution in [1.29, 1.82) is 0 Å². The molecule has 322 valence electrons. The molecular formula is C62H38N6O. The van der Waals surface area contributed by atoms with Crippen LogP contribution in [0.2, 0.25) is 0 Å². The molecule has 9 aromatic carbocycles. The van der Waals surface area contributed by atoms with Crippen LogP contribution in [0, 0.1) is 0 Å². The van der Waals surface area contributed by atoms with Gasteiger partial charge in [-0.25, -0.2) is 9.97 Å². The second-order valence-electron chi connectivity index (χ2n) is 17.4. The van der Waals surface area contributed by atoms with Crippen LogP contribution in [0.25, 0.3) is 134 Å². The number of para-hydroxylation sites is 3. The molecule has 0 aliphatic carbocycles. The average Bonchev–Trinajstić information content (AvgIpc) is 4.09. The maximum atomic E-state index is 6.48. The van der Waals surface area contributed by atoms with E-state index in [9.17, 15) is 0 Å². The molecule has 5 heterocycles. The van der Waals surface area contributed by atoms with Crippen molar-refractivity contribution in [3.63, 3.8) is 0 Å². The van der Waals surface area contributed by atoms with Crippen molar-refractivity contribution < 1.29 is 4.42 Å². The van der Waals surface area contributed by atoms with Crippen molar-refractivity contribution in [3.05, 3.63) is 231 Å². The van der Waals surface area contributed by atoms with Gasteiger partial charge in [-0.05, 0) is 53.6 Å². The fourth-order valence-electron chi connectivity index (χ4n) is 10.2. The number of pyridine rings is 1. The summed E-state index contributed by atoms with van der Waals surface area (Å²) >= 11 is 0. The van der Waals surface area contributed by atoms with Crippen molar-refractivity contribution >= 4 is 65.6 Å². The summed E-state index contributed by atoms with van der Waals surface area (Å²) in [6, 6.07) is 80.2. The molecule has 0 atom stereocenters. The molecule has 0 unspecified atom stereocenters. The molecule has 0 fully saturated rings. The fourth-order valence-corrected chi connectivity index (χ4v) is 10.2. The Balaban J connectivity index is 0.987. The zero-order chi connectivity index (χ0) is 45.4. The zero-order valence-corrected chi connectivity index (χ0v) is 37.0. The Labute approximate surface area is 395 Å². The largest absolute Gasteiger partial charge is 0.456 e. The number of fused-ring (bicyclic) bond motifs is 10. The number of nitrogens with zero attached hydrogens (tertiary/aromatic N) is 6. The third kappa shape index (κ3) is 6.36. The van der Waals surface area contributed by atoms with Crippen LogP contribution in [0.5, 0.6) is 0 Å². The minimum Gasteiger partial charge on any atom is -0.456 e. The first-order valence-corrected chi connectivity index (χ1v) is 23.1. The van der Waals surface area contributed by atoms with E-state index >= 15 is 0 Å². The summed E-state index contributed by atoms with van der Waals surface area (Å²) in [5.74, 6) is 1.67. The maximum Gasteiger partial charge on any atom is 0.238 e. The minimum atomic E-state index is 0.524. The van der Waals surface area contributed by atoms with Crippen LogP contribution < -0.4 is 0 Å². The van der Waals surface area contributed by atoms with Crippen LogP contribution in [-0.2, 0) is 0 Å². The van der Waals surface area contributed by atoms with E-state index in [4.69, 9.17) is 24.4 Å². The lowest BCUT2D eigenvalue weighted by molar-refractivity contribution is 0.668. The van der Waals surface area contributed by atoms with Gasteiger partial charge in [0.2, 0.25) is 5.95 Å². The first-order valence-electron chi connectivity index (χ1n) is 23.1. The van der Waals surface area contributed by atoms with Gasteiger partial charge in [0, 0.05) is 60.6 Å². The maximum absolute atomic E-state index is 6.48. The Bertz CT molecular complexity index is 4230. The first kappa shape index (κ1) is 38.8. The highest BCUT2D eigenvalue weighted by Crippen LogP contribution is 2.43. The van der Waals surface area contributed by atoms with E-state index in [0.717, 1.165) is 116 Å². The van der Waals surface area contributed by atoms with Crippen LogP contribution in [0.1, 0.15) is 0 Å². The molecule has 5 aromatic heterocycles. The smallest absolute Gasteiger partial charge is 0.238 e. The van der Waals surface area contributed by atoms with Crippen LogP contribution in [-0.4, -0.2) is 29.1 Å². The van der Waals surface area contributed by atoms with Gasteiger partial charge in [-0.15, -0.1) is 0 Å². The molecule has 7 nitrogen and oxygen atoms in total. The summed E-state index contributed by atoms with van der Waals surface area (Å²) in [6.45, 7) is 0. The molecule has 0 bridgehead atoms. The molecule has 0 saturated heterocycles. The minimum absolute atomic E-state index is 0.524. The van der Waals surface area contributed by atoms with E-state index < -0.39 is 0 Å². The molecule has 69 heavy (non-hydrogen) atoms. The standard InChI is InChI=1S/C62H38N6O/c1-4-16-39(17-5-1)44-36-52(40-18-6-2-7-19-40)63-53(37-44)41-28-30-43(31-29-41)61-64-60(42-20-8-3-9-21-42)65-62(66-61)68-55-26-14-11-23-47(55)51-35-34-50-46-22-10-13-25-54(46)67(58(50)59(51)68)45-32-33-49-48-24-12-15-27-56(48)69-57(49)38-45/h1-38H. The molecule has 0 amide bonds. The van der Waals surface area contributed by atoms with E-state index in [2.05, 4.69) is 197 Å². The number of hydrogen-bond donors (Lipinski definition) is 0. The van der Waals surface area contributed by atoms with Crippen molar-refractivity contribution in [2.75, 3.05) is 0 Å². The van der Waals surface area contributed by atoms with Crippen LogP contribution >= 0.6 is 0 Å². The SMILES string of the molecule is c1ccc(-c2cc(-c3ccccc3)nc(-c3ccc(-c4nc(-c5ccccc5)nc(-n5c6ccccc6c6ccc7c8ccccc8n(-c8ccc9c(c8)oc8ccccc89)c7c65)n4)cc3)c2)cc1. The van der Waals surface area contributed by atoms with Crippen molar-refractivity contribution in [2.45, 2.75) is 0 Å². The van der Waals surface area contributed by atoms with E-state index in [1.54, 1.807) is 0 Å². The predicted octanol–water partition coefficient (Wildman–Crippen LogP) is 15.7. The highest BCUT2D eigenvalue weighted by molar-refractivity contribution is 6.24. The molecule has 0 aliphatic rings. The Hall–Kier alpha value is -9.46. The molecule has 14 aromatic rings. The molecule has 0 spiro atoms. The lowest BCUT2D eigenvalue weighted by Crippen LogP contribution is -2.07. The highest BCUT2D eigenvalue weighted by atomic mass is 16.3. The summed E-state index contributed by atoms with van der Waals surface area (Å²) < 4.78 is 11.1. The Morgan fingerprint density at radius 3 is 1.41 bits per heavy atom. The van der Waals surface area contributed by atoms with E-state index in [1.807, 2.05) is 42.5 Å². The van der Waals surface area contributed by atoms with E-state index in [-0.39, 0.29) is 0 Å². The molecule has 7 heteroatoms. The Morgan fingerprint density at radius 1 is 0.290 bits per heavy atom. The van der Waals surface area contributed by atoms with Gasteiger partial charge in [0.05, 0.1) is 39.1 Å². The van der Waals surface area contributed by atoms with Crippen LogP contribution in [0.15, 0.2) is 235 Å². The molecular weight excluding hydrogens is 845 g/mol. The second kappa shape index (κ2) is 15.6. The van der Waals surface area contributed by atoms with Gasteiger partial charge < -0.3 is 8.98 Å². The van der Waals surface area contributed by atoms with Crippen molar-refractivity contribution in [3.8, 4) is 68.1 Å². The van der Waals surface area contributed by atoms with Gasteiger partial charge >= 0.3 is 0 Å². The number of benzene rings is 9. The van der Waals surface area contributed by atoms with Crippen LogP contribution in [0.3, 0.4) is 0 Å². The van der Waals surface area contributed by atoms with Crippen LogP contribution in [0.4, 0.5) is 0 Å². The summed E-state index contributed by atoms with van der Waals surface area (Å²) in [6.07, 6.45) is 0. The van der Waals surface area contributed by atoms with Crippen molar-refractivity contribution in [1.82, 2.24) is 29.1 Å². The predicted molar refractivity (Wildman–Crippen MR) is 281 cm³/mol. The van der Waals surface area contributed by atoms with Gasteiger partial charge in [-0.3, -0.25) is 4.57 Å². The average molecular weight is 883 g/mol. The lowest BCUT2D eigenvalue weighted by atomic mass is 9.99. The van der Waals surface area contributed by atoms with Gasteiger partial charge in [0.25, 0.3) is 0 Å². The highest BCUT2D eigenvalue weighted by Gasteiger charge is 2.24. The zero-order valence-electron chi connectivity index (χ0n) is 37.0. The molecule has 0 aliphatic heterocycles. The molecule has 0 N–H and O–H groups in total. The fraction of sp³-hybridized carbons (Fsp3) is 0. The Kier molecular flexibility index (Phi) is 8.75. The monoisotopic (exact) mass is 882 g/mol.